The Kier molecular flexibility index (Phi) is 5.03. The normalized spacial score (nSPS) is 19.7. The molecule has 116 valence electrons. The van der Waals surface area contributed by atoms with Crippen molar-refractivity contribution in [2.24, 2.45) is 0 Å². The number of aryl methyl sites for hydroxylation is 2. The molecular weight excluding hydrogens is 308 g/mol. The summed E-state index contributed by atoms with van der Waals surface area (Å²) in [7, 11) is 0. The first-order valence-electron chi connectivity index (χ1n) is 6.99. The zero-order valence-corrected chi connectivity index (χ0v) is 14.2. The Morgan fingerprint density at radius 2 is 2.19 bits per heavy atom. The number of piperazine rings is 1. The Morgan fingerprint density at radius 1 is 1.43 bits per heavy atom. The number of H-pyrrole nitrogens is 1. The van der Waals surface area contributed by atoms with Crippen LogP contribution in [0.4, 0.5) is 0 Å². The highest BCUT2D eigenvalue weighted by molar-refractivity contribution is 7.18. The van der Waals surface area contributed by atoms with E-state index in [1.54, 1.807) is 11.3 Å². The average Bonchev–Trinajstić information content (AvgIpc) is 2.65. The molecule has 1 fully saturated rings. The van der Waals surface area contributed by atoms with Crippen LogP contribution < -0.4 is 10.9 Å². The van der Waals surface area contributed by atoms with E-state index in [9.17, 15) is 4.79 Å². The molecule has 0 bridgehead atoms. The van der Waals surface area contributed by atoms with Crippen molar-refractivity contribution in [2.75, 3.05) is 19.6 Å². The number of nitrogens with one attached hydrogen (secondary N) is 2. The quantitative estimate of drug-likeness (QED) is 0.882. The second kappa shape index (κ2) is 6.44. The smallest absolute Gasteiger partial charge is 0.259 e. The fourth-order valence-electron chi connectivity index (χ4n) is 2.74. The maximum absolute atomic E-state index is 12.2. The van der Waals surface area contributed by atoms with Crippen LogP contribution in [0.3, 0.4) is 0 Å². The molecule has 0 aromatic carbocycles. The molecular formula is C14H21ClN4OS. The van der Waals surface area contributed by atoms with Crippen LogP contribution in [0.5, 0.6) is 0 Å². The number of aromatic nitrogens is 2. The summed E-state index contributed by atoms with van der Waals surface area (Å²) in [5, 5.41) is 4.17. The molecule has 0 radical (unpaired) electrons. The van der Waals surface area contributed by atoms with E-state index >= 15 is 0 Å². The first-order chi connectivity index (χ1) is 9.54. The first-order valence-corrected chi connectivity index (χ1v) is 7.81. The number of nitrogens with zero attached hydrogens (tertiary/aromatic N) is 2. The summed E-state index contributed by atoms with van der Waals surface area (Å²) in [4.78, 5) is 24.2. The van der Waals surface area contributed by atoms with E-state index in [1.807, 2.05) is 13.8 Å². The van der Waals surface area contributed by atoms with Crippen molar-refractivity contribution in [2.45, 2.75) is 33.4 Å². The predicted molar refractivity (Wildman–Crippen MR) is 89.7 cm³/mol. The number of fused-ring (bicyclic) bond motifs is 1. The minimum atomic E-state index is -0.00460. The average molecular weight is 329 g/mol. The third-order valence-corrected chi connectivity index (χ3v) is 5.02. The summed E-state index contributed by atoms with van der Waals surface area (Å²) in [5.74, 6) is 0.776. The van der Waals surface area contributed by atoms with Crippen molar-refractivity contribution in [3.8, 4) is 0 Å². The molecule has 1 aliphatic rings. The van der Waals surface area contributed by atoms with Crippen LogP contribution in [0.1, 0.15) is 23.2 Å². The summed E-state index contributed by atoms with van der Waals surface area (Å²) in [6, 6.07) is 0.491. The van der Waals surface area contributed by atoms with E-state index in [-0.39, 0.29) is 18.0 Å². The molecule has 7 heteroatoms. The lowest BCUT2D eigenvalue weighted by Gasteiger charge is -2.31. The minimum absolute atomic E-state index is 0. The van der Waals surface area contributed by atoms with Crippen LogP contribution in [0.25, 0.3) is 10.2 Å². The van der Waals surface area contributed by atoms with Crippen molar-refractivity contribution in [1.29, 1.82) is 0 Å². The maximum atomic E-state index is 12.2. The molecule has 21 heavy (non-hydrogen) atoms. The minimum Gasteiger partial charge on any atom is -0.312 e. The Balaban J connectivity index is 0.00000161. The molecule has 5 nitrogen and oxygen atoms in total. The number of aromatic amines is 1. The van der Waals surface area contributed by atoms with Gasteiger partial charge in [0.2, 0.25) is 0 Å². The van der Waals surface area contributed by atoms with Gasteiger partial charge in [-0.05, 0) is 26.3 Å². The van der Waals surface area contributed by atoms with Gasteiger partial charge in [0.05, 0.1) is 11.9 Å². The van der Waals surface area contributed by atoms with E-state index in [4.69, 9.17) is 0 Å². The van der Waals surface area contributed by atoms with Crippen LogP contribution in [0.15, 0.2) is 4.79 Å². The zero-order chi connectivity index (χ0) is 14.3. The van der Waals surface area contributed by atoms with Gasteiger partial charge < -0.3 is 10.3 Å². The molecule has 0 amide bonds. The van der Waals surface area contributed by atoms with Crippen molar-refractivity contribution in [3.05, 3.63) is 26.6 Å². The SMILES string of the molecule is Cc1sc2nc(CN3CCNC(C)C3)[nH]c(=O)c2c1C.Cl. The van der Waals surface area contributed by atoms with Gasteiger partial charge in [-0.3, -0.25) is 9.69 Å². The lowest BCUT2D eigenvalue weighted by atomic mass is 10.2. The molecule has 1 atom stereocenters. The van der Waals surface area contributed by atoms with Crippen LogP contribution in [-0.4, -0.2) is 40.5 Å². The van der Waals surface area contributed by atoms with E-state index in [1.165, 1.54) is 4.88 Å². The summed E-state index contributed by atoms with van der Waals surface area (Å²) < 4.78 is 0. The van der Waals surface area contributed by atoms with Gasteiger partial charge in [0.1, 0.15) is 10.7 Å². The van der Waals surface area contributed by atoms with E-state index in [2.05, 4.69) is 27.1 Å². The van der Waals surface area contributed by atoms with Crippen LogP contribution in [0.2, 0.25) is 0 Å². The molecule has 0 aliphatic carbocycles. The van der Waals surface area contributed by atoms with E-state index < -0.39 is 0 Å². The zero-order valence-electron chi connectivity index (χ0n) is 12.5. The highest BCUT2D eigenvalue weighted by Crippen LogP contribution is 2.25. The molecule has 0 saturated carbocycles. The lowest BCUT2D eigenvalue weighted by molar-refractivity contribution is 0.195. The number of hydrogen-bond acceptors (Lipinski definition) is 5. The van der Waals surface area contributed by atoms with Gasteiger partial charge in [0.25, 0.3) is 5.56 Å². The second-order valence-electron chi connectivity index (χ2n) is 5.57. The summed E-state index contributed by atoms with van der Waals surface area (Å²) in [6.45, 7) is 9.90. The van der Waals surface area contributed by atoms with Crippen molar-refractivity contribution in [3.63, 3.8) is 0 Å². The van der Waals surface area contributed by atoms with Gasteiger partial charge in [-0.25, -0.2) is 4.98 Å². The van der Waals surface area contributed by atoms with Crippen molar-refractivity contribution >= 4 is 34.0 Å². The third kappa shape index (κ3) is 3.29. The molecule has 3 rings (SSSR count). The van der Waals surface area contributed by atoms with E-state index in [0.717, 1.165) is 41.2 Å². The summed E-state index contributed by atoms with van der Waals surface area (Å²) in [6.07, 6.45) is 0. The lowest BCUT2D eigenvalue weighted by Crippen LogP contribution is -2.48. The van der Waals surface area contributed by atoms with Gasteiger partial charge in [0.15, 0.2) is 0 Å². The van der Waals surface area contributed by atoms with Gasteiger partial charge in [-0.1, -0.05) is 0 Å². The molecule has 1 unspecified atom stereocenters. The second-order valence-corrected chi connectivity index (χ2v) is 6.77. The van der Waals surface area contributed by atoms with Crippen LogP contribution in [0, 0.1) is 13.8 Å². The number of hydrogen-bond donors (Lipinski definition) is 2. The summed E-state index contributed by atoms with van der Waals surface area (Å²) >= 11 is 1.61. The molecule has 2 N–H and O–H groups in total. The van der Waals surface area contributed by atoms with Crippen molar-refractivity contribution in [1.82, 2.24) is 20.2 Å². The van der Waals surface area contributed by atoms with Crippen molar-refractivity contribution < 1.29 is 0 Å². The molecule has 2 aromatic rings. The molecule has 1 saturated heterocycles. The third-order valence-electron chi connectivity index (χ3n) is 3.91. The summed E-state index contributed by atoms with van der Waals surface area (Å²) in [5.41, 5.74) is 1.05. The predicted octanol–water partition coefficient (Wildman–Crippen LogP) is 1.82. The molecule has 1 aliphatic heterocycles. The fraction of sp³-hybridized carbons (Fsp3) is 0.571. The Labute approximate surface area is 134 Å². The highest BCUT2D eigenvalue weighted by Gasteiger charge is 2.18. The van der Waals surface area contributed by atoms with Gasteiger partial charge >= 0.3 is 0 Å². The van der Waals surface area contributed by atoms with Gasteiger partial charge in [0, 0.05) is 30.6 Å². The monoisotopic (exact) mass is 328 g/mol. The Bertz CT molecular complexity index is 696. The number of thiophene rings is 1. The highest BCUT2D eigenvalue weighted by atomic mass is 35.5. The maximum Gasteiger partial charge on any atom is 0.259 e. The standard InChI is InChI=1S/C14H20N4OS.ClH/c1-8-6-18(5-4-15-8)7-11-16-13(19)12-9(2)10(3)20-14(12)17-11;/h8,15H,4-7H2,1-3H3,(H,16,17,19);1H. The Hall–Kier alpha value is -0.950. The number of rotatable bonds is 2. The van der Waals surface area contributed by atoms with Crippen LogP contribution >= 0.6 is 23.7 Å². The van der Waals surface area contributed by atoms with Gasteiger partial charge in [-0.15, -0.1) is 23.7 Å². The largest absolute Gasteiger partial charge is 0.312 e. The number of halogens is 1. The molecule has 0 spiro atoms. The first kappa shape index (κ1) is 16.4. The Morgan fingerprint density at radius 3 is 2.90 bits per heavy atom. The fourth-order valence-corrected chi connectivity index (χ4v) is 3.79. The van der Waals surface area contributed by atoms with E-state index in [0.29, 0.717) is 12.6 Å². The van der Waals surface area contributed by atoms with Crippen LogP contribution in [-0.2, 0) is 6.54 Å². The molecule has 2 aromatic heterocycles. The molecule has 3 heterocycles. The topological polar surface area (TPSA) is 61.0 Å². The van der Waals surface area contributed by atoms with Gasteiger partial charge in [-0.2, -0.15) is 0 Å².